The number of halogens is 2. The normalized spacial score (nSPS) is 29.3. The Bertz CT molecular complexity index is 404. The quantitative estimate of drug-likeness (QED) is 0.883. The van der Waals surface area contributed by atoms with E-state index in [-0.39, 0.29) is 11.9 Å². The van der Waals surface area contributed by atoms with Gasteiger partial charge in [0.25, 0.3) is 0 Å². The van der Waals surface area contributed by atoms with Crippen LogP contribution in [0.1, 0.15) is 20.3 Å². The summed E-state index contributed by atoms with van der Waals surface area (Å²) in [6.07, 6.45) is 1.00. The molecule has 1 saturated heterocycles. The Morgan fingerprint density at radius 3 is 2.78 bits per heavy atom. The molecule has 0 aromatic heterocycles. The van der Waals surface area contributed by atoms with Crippen molar-refractivity contribution in [2.24, 2.45) is 5.92 Å². The maximum Gasteiger partial charge on any atom is 0.147 e. The number of rotatable bonds is 2. The Morgan fingerprint density at radius 2 is 2.11 bits per heavy atom. The van der Waals surface area contributed by atoms with E-state index in [0.29, 0.717) is 22.7 Å². The van der Waals surface area contributed by atoms with E-state index in [1.54, 1.807) is 12.1 Å². The largest absolute Gasteiger partial charge is 0.378 e. The summed E-state index contributed by atoms with van der Waals surface area (Å²) in [5.41, 5.74) is 0.438. The lowest BCUT2D eigenvalue weighted by molar-refractivity contribution is 0.145. The van der Waals surface area contributed by atoms with Crippen molar-refractivity contribution in [1.82, 2.24) is 4.90 Å². The molecule has 3 unspecified atom stereocenters. The van der Waals surface area contributed by atoms with Crippen LogP contribution in [0.15, 0.2) is 18.2 Å². The van der Waals surface area contributed by atoms with Crippen molar-refractivity contribution in [3.8, 4) is 0 Å². The zero-order valence-corrected chi connectivity index (χ0v) is 11.8. The molecule has 1 aromatic rings. The molecule has 1 heterocycles. The standard InChI is InChI=1S/C14H20ClFN2/c1-9-8-18(3)10(2)7-13(9)17-14-11(15)5-4-6-12(14)16/h4-6,9-10,13,17H,7-8H2,1-3H3. The van der Waals surface area contributed by atoms with Crippen molar-refractivity contribution in [1.29, 1.82) is 0 Å². The molecular formula is C14H20ClFN2. The molecule has 18 heavy (non-hydrogen) atoms. The molecule has 0 spiro atoms. The third-order valence-corrected chi connectivity index (χ3v) is 4.22. The minimum Gasteiger partial charge on any atom is -0.378 e. The number of piperidine rings is 1. The third kappa shape index (κ3) is 2.78. The lowest BCUT2D eigenvalue weighted by Gasteiger charge is -2.40. The van der Waals surface area contributed by atoms with Gasteiger partial charge in [-0.1, -0.05) is 24.6 Å². The monoisotopic (exact) mass is 270 g/mol. The number of para-hydroxylation sites is 1. The highest BCUT2D eigenvalue weighted by Gasteiger charge is 2.29. The molecule has 2 nitrogen and oxygen atoms in total. The molecule has 1 aliphatic heterocycles. The van der Waals surface area contributed by atoms with Crippen LogP contribution in [-0.4, -0.2) is 30.6 Å². The van der Waals surface area contributed by atoms with Crippen LogP contribution >= 0.6 is 11.6 Å². The second kappa shape index (κ2) is 5.45. The van der Waals surface area contributed by atoms with E-state index in [4.69, 9.17) is 11.6 Å². The maximum atomic E-state index is 13.7. The zero-order chi connectivity index (χ0) is 13.3. The van der Waals surface area contributed by atoms with Crippen molar-refractivity contribution >= 4 is 17.3 Å². The predicted octanol–water partition coefficient (Wildman–Crippen LogP) is 3.62. The molecule has 3 atom stereocenters. The van der Waals surface area contributed by atoms with Gasteiger partial charge in [-0.3, -0.25) is 0 Å². The molecule has 1 aliphatic rings. The molecule has 0 aliphatic carbocycles. The summed E-state index contributed by atoms with van der Waals surface area (Å²) in [5, 5.41) is 3.74. The highest BCUT2D eigenvalue weighted by molar-refractivity contribution is 6.33. The van der Waals surface area contributed by atoms with Gasteiger partial charge in [-0.05, 0) is 38.4 Å². The average Bonchev–Trinajstić information content (AvgIpc) is 2.30. The Balaban J connectivity index is 2.14. The fraction of sp³-hybridized carbons (Fsp3) is 0.571. The van der Waals surface area contributed by atoms with Gasteiger partial charge in [0.2, 0.25) is 0 Å². The summed E-state index contributed by atoms with van der Waals surface area (Å²) < 4.78 is 13.7. The topological polar surface area (TPSA) is 15.3 Å². The molecule has 1 N–H and O–H groups in total. The molecular weight excluding hydrogens is 251 g/mol. The van der Waals surface area contributed by atoms with Crippen LogP contribution < -0.4 is 5.32 Å². The molecule has 0 radical (unpaired) electrons. The molecule has 1 fully saturated rings. The van der Waals surface area contributed by atoms with Crippen LogP contribution in [0.4, 0.5) is 10.1 Å². The van der Waals surface area contributed by atoms with Gasteiger partial charge in [-0.15, -0.1) is 0 Å². The Morgan fingerprint density at radius 1 is 1.39 bits per heavy atom. The fourth-order valence-corrected chi connectivity index (χ4v) is 2.78. The van der Waals surface area contributed by atoms with Gasteiger partial charge in [0.05, 0.1) is 10.7 Å². The summed E-state index contributed by atoms with van der Waals surface area (Å²) >= 11 is 6.05. The minimum atomic E-state index is -0.277. The van der Waals surface area contributed by atoms with Crippen molar-refractivity contribution in [3.63, 3.8) is 0 Å². The number of benzene rings is 1. The number of hydrogen-bond donors (Lipinski definition) is 1. The highest BCUT2D eigenvalue weighted by Crippen LogP contribution is 2.29. The second-order valence-electron chi connectivity index (χ2n) is 5.35. The van der Waals surface area contributed by atoms with E-state index < -0.39 is 0 Å². The zero-order valence-electron chi connectivity index (χ0n) is 11.1. The van der Waals surface area contributed by atoms with Gasteiger partial charge >= 0.3 is 0 Å². The molecule has 1 aromatic carbocycles. The number of nitrogens with zero attached hydrogens (tertiary/aromatic N) is 1. The second-order valence-corrected chi connectivity index (χ2v) is 5.76. The van der Waals surface area contributed by atoms with Crippen LogP contribution in [0.2, 0.25) is 5.02 Å². The van der Waals surface area contributed by atoms with Crippen molar-refractivity contribution < 1.29 is 4.39 Å². The number of hydrogen-bond acceptors (Lipinski definition) is 2. The van der Waals surface area contributed by atoms with E-state index in [2.05, 4.69) is 31.1 Å². The fourth-order valence-electron chi connectivity index (χ4n) is 2.56. The van der Waals surface area contributed by atoms with Gasteiger partial charge < -0.3 is 10.2 Å². The summed E-state index contributed by atoms with van der Waals surface area (Å²) in [6.45, 7) is 5.41. The van der Waals surface area contributed by atoms with Gasteiger partial charge in [-0.2, -0.15) is 0 Å². The third-order valence-electron chi connectivity index (χ3n) is 3.90. The van der Waals surface area contributed by atoms with Gasteiger partial charge in [0.15, 0.2) is 0 Å². The van der Waals surface area contributed by atoms with E-state index in [1.165, 1.54) is 6.07 Å². The highest BCUT2D eigenvalue weighted by atomic mass is 35.5. The lowest BCUT2D eigenvalue weighted by Crippen LogP contribution is -2.48. The predicted molar refractivity (Wildman–Crippen MR) is 74.7 cm³/mol. The smallest absolute Gasteiger partial charge is 0.147 e. The van der Waals surface area contributed by atoms with E-state index in [1.807, 2.05) is 0 Å². The summed E-state index contributed by atoms with van der Waals surface area (Å²) in [6, 6.07) is 5.56. The molecule has 0 bridgehead atoms. The van der Waals surface area contributed by atoms with Crippen LogP contribution in [-0.2, 0) is 0 Å². The van der Waals surface area contributed by atoms with Crippen molar-refractivity contribution in [2.45, 2.75) is 32.4 Å². The van der Waals surface area contributed by atoms with Gasteiger partial charge in [0, 0.05) is 18.6 Å². The van der Waals surface area contributed by atoms with Gasteiger partial charge in [0.1, 0.15) is 5.82 Å². The van der Waals surface area contributed by atoms with E-state index in [0.717, 1.165) is 13.0 Å². The Kier molecular flexibility index (Phi) is 4.13. The lowest BCUT2D eigenvalue weighted by atomic mass is 9.89. The van der Waals surface area contributed by atoms with E-state index >= 15 is 0 Å². The molecule has 100 valence electrons. The van der Waals surface area contributed by atoms with Crippen LogP contribution in [0.3, 0.4) is 0 Å². The van der Waals surface area contributed by atoms with Crippen LogP contribution in [0.25, 0.3) is 0 Å². The molecule has 2 rings (SSSR count). The summed E-state index contributed by atoms with van der Waals surface area (Å²) in [7, 11) is 2.13. The number of nitrogens with one attached hydrogen (secondary N) is 1. The Hall–Kier alpha value is -0.800. The van der Waals surface area contributed by atoms with E-state index in [9.17, 15) is 4.39 Å². The molecule has 0 saturated carbocycles. The minimum absolute atomic E-state index is 0.269. The Labute approximate surface area is 113 Å². The SMILES string of the molecule is CC1CN(C)C(C)CC1Nc1c(F)cccc1Cl. The number of anilines is 1. The van der Waals surface area contributed by atoms with Gasteiger partial charge in [-0.25, -0.2) is 4.39 Å². The number of likely N-dealkylation sites (tertiary alicyclic amines) is 1. The molecule has 4 heteroatoms. The van der Waals surface area contributed by atoms with Crippen molar-refractivity contribution in [2.75, 3.05) is 18.9 Å². The first-order chi connectivity index (χ1) is 8.49. The first kappa shape index (κ1) is 13.6. The van der Waals surface area contributed by atoms with Crippen LogP contribution in [0, 0.1) is 11.7 Å². The molecule has 0 amide bonds. The maximum absolute atomic E-state index is 13.7. The van der Waals surface area contributed by atoms with Crippen molar-refractivity contribution in [3.05, 3.63) is 29.0 Å². The summed E-state index contributed by atoms with van der Waals surface area (Å²) in [4.78, 5) is 2.34. The first-order valence-corrected chi connectivity index (χ1v) is 6.77. The average molecular weight is 271 g/mol. The first-order valence-electron chi connectivity index (χ1n) is 6.40. The van der Waals surface area contributed by atoms with Crippen LogP contribution in [0.5, 0.6) is 0 Å². The summed E-state index contributed by atoms with van der Waals surface area (Å²) in [5.74, 6) is 0.197.